The Labute approximate surface area is 136 Å². The Morgan fingerprint density at radius 1 is 1.35 bits per heavy atom. The molecule has 2 aromatic rings. The molecule has 1 atom stereocenters. The van der Waals surface area contributed by atoms with Crippen LogP contribution in [0.25, 0.3) is 0 Å². The van der Waals surface area contributed by atoms with Crippen LogP contribution in [0.4, 0.5) is 11.8 Å². The molecule has 7 nitrogen and oxygen atoms in total. The minimum absolute atomic E-state index is 0.246. The highest BCUT2D eigenvalue weighted by molar-refractivity contribution is 5.44. The molecule has 23 heavy (non-hydrogen) atoms. The molecule has 124 valence electrons. The molecule has 1 saturated heterocycles. The van der Waals surface area contributed by atoms with Gasteiger partial charge in [-0.25, -0.2) is 9.97 Å². The van der Waals surface area contributed by atoms with Crippen molar-refractivity contribution in [2.24, 2.45) is 7.05 Å². The zero-order valence-corrected chi connectivity index (χ0v) is 13.8. The summed E-state index contributed by atoms with van der Waals surface area (Å²) in [7, 11) is 4.03. The normalized spacial score (nSPS) is 17.7. The van der Waals surface area contributed by atoms with Gasteiger partial charge < -0.3 is 19.5 Å². The largest absolute Gasteiger partial charge is 0.391 e. The van der Waals surface area contributed by atoms with Gasteiger partial charge in [-0.3, -0.25) is 0 Å². The van der Waals surface area contributed by atoms with Crippen LogP contribution in [0.3, 0.4) is 0 Å². The van der Waals surface area contributed by atoms with Crippen molar-refractivity contribution in [2.45, 2.75) is 25.4 Å². The van der Waals surface area contributed by atoms with Gasteiger partial charge in [-0.15, -0.1) is 0 Å². The number of nitrogens with zero attached hydrogens (tertiary/aromatic N) is 6. The molecule has 1 fully saturated rings. The van der Waals surface area contributed by atoms with Crippen LogP contribution >= 0.6 is 0 Å². The molecule has 3 rings (SSSR count). The fourth-order valence-corrected chi connectivity index (χ4v) is 2.86. The van der Waals surface area contributed by atoms with Gasteiger partial charge in [0, 0.05) is 58.7 Å². The van der Waals surface area contributed by atoms with Crippen LogP contribution in [-0.4, -0.2) is 57.4 Å². The van der Waals surface area contributed by atoms with Crippen molar-refractivity contribution in [3.63, 3.8) is 0 Å². The molecule has 1 aliphatic heterocycles. The molecule has 0 saturated carbocycles. The number of aromatic nitrogens is 4. The Balaban J connectivity index is 1.56. The van der Waals surface area contributed by atoms with Crippen LogP contribution in [0.2, 0.25) is 0 Å². The number of β-amino-alcohol motifs (C(OH)–C–C–N with tert-alkyl or cyclic N) is 1. The van der Waals surface area contributed by atoms with E-state index in [1.165, 1.54) is 0 Å². The topological polar surface area (TPSA) is 70.3 Å². The van der Waals surface area contributed by atoms with Gasteiger partial charge in [0.15, 0.2) is 0 Å². The molecule has 1 N–H and O–H groups in total. The quantitative estimate of drug-likeness (QED) is 0.852. The molecular weight excluding hydrogens is 292 g/mol. The predicted octanol–water partition coefficient (Wildman–Crippen LogP) is 0.850. The van der Waals surface area contributed by atoms with Gasteiger partial charge >= 0.3 is 0 Å². The van der Waals surface area contributed by atoms with Crippen LogP contribution in [0.15, 0.2) is 24.7 Å². The number of anilines is 2. The van der Waals surface area contributed by atoms with E-state index in [0.717, 1.165) is 49.9 Å². The number of hydrogen-bond donors (Lipinski definition) is 1. The first-order valence-corrected chi connectivity index (χ1v) is 8.07. The molecule has 0 amide bonds. The number of aliphatic hydroxyl groups is 1. The lowest BCUT2D eigenvalue weighted by Gasteiger charge is -2.21. The van der Waals surface area contributed by atoms with Crippen molar-refractivity contribution in [1.82, 2.24) is 19.5 Å². The second-order valence-corrected chi connectivity index (χ2v) is 6.08. The maximum atomic E-state index is 9.67. The molecule has 2 aromatic heterocycles. The lowest BCUT2D eigenvalue weighted by molar-refractivity contribution is 0.198. The van der Waals surface area contributed by atoms with Gasteiger partial charge in [-0.1, -0.05) is 0 Å². The molecule has 0 aliphatic carbocycles. The van der Waals surface area contributed by atoms with Crippen LogP contribution in [0.5, 0.6) is 0 Å². The van der Waals surface area contributed by atoms with E-state index in [4.69, 9.17) is 0 Å². The summed E-state index contributed by atoms with van der Waals surface area (Å²) < 4.78 is 2.05. The standard InChI is InChI=1S/C16H24N6O/c1-20-11-8-17-14(20)4-3-9-21(2)16-18-7-5-15(19-16)22-10-6-13(23)12-22/h5,7-8,11,13,23H,3-4,6,9-10,12H2,1-2H3/t13-/m1/s1. The minimum Gasteiger partial charge on any atom is -0.391 e. The molecule has 0 radical (unpaired) electrons. The average molecular weight is 316 g/mol. The maximum absolute atomic E-state index is 9.67. The molecule has 1 aliphatic rings. The number of aryl methyl sites for hydroxylation is 2. The highest BCUT2D eigenvalue weighted by Crippen LogP contribution is 2.19. The summed E-state index contributed by atoms with van der Waals surface area (Å²) in [6, 6.07) is 1.91. The first-order chi connectivity index (χ1) is 11.1. The van der Waals surface area contributed by atoms with Crippen molar-refractivity contribution in [3.05, 3.63) is 30.5 Å². The molecule has 7 heteroatoms. The second kappa shape index (κ2) is 6.95. The monoisotopic (exact) mass is 316 g/mol. The van der Waals surface area contributed by atoms with Crippen LogP contribution < -0.4 is 9.80 Å². The lowest BCUT2D eigenvalue weighted by atomic mass is 10.3. The predicted molar refractivity (Wildman–Crippen MR) is 89.7 cm³/mol. The Hall–Kier alpha value is -2.15. The van der Waals surface area contributed by atoms with Gasteiger partial charge in [0.25, 0.3) is 0 Å². The second-order valence-electron chi connectivity index (χ2n) is 6.08. The van der Waals surface area contributed by atoms with E-state index in [0.29, 0.717) is 6.54 Å². The zero-order valence-electron chi connectivity index (χ0n) is 13.8. The SMILES string of the molecule is CN(CCCc1nccn1C)c1nccc(N2CC[C@@H](O)C2)n1. The third-order valence-electron chi connectivity index (χ3n) is 4.27. The number of aliphatic hydroxyl groups excluding tert-OH is 1. The Kier molecular flexibility index (Phi) is 4.76. The van der Waals surface area contributed by atoms with Crippen molar-refractivity contribution in [3.8, 4) is 0 Å². The van der Waals surface area contributed by atoms with E-state index in [1.807, 2.05) is 32.6 Å². The number of imidazole rings is 1. The van der Waals surface area contributed by atoms with Crippen LogP contribution in [0.1, 0.15) is 18.7 Å². The first-order valence-electron chi connectivity index (χ1n) is 8.07. The van der Waals surface area contributed by atoms with E-state index in [-0.39, 0.29) is 6.10 Å². The summed E-state index contributed by atoms with van der Waals surface area (Å²) >= 11 is 0. The summed E-state index contributed by atoms with van der Waals surface area (Å²) in [5.41, 5.74) is 0. The number of hydrogen-bond acceptors (Lipinski definition) is 6. The summed E-state index contributed by atoms with van der Waals surface area (Å²) in [5.74, 6) is 2.71. The highest BCUT2D eigenvalue weighted by Gasteiger charge is 2.21. The molecule has 0 unspecified atom stereocenters. The van der Waals surface area contributed by atoms with E-state index in [2.05, 4.69) is 29.3 Å². The fourth-order valence-electron chi connectivity index (χ4n) is 2.86. The van der Waals surface area contributed by atoms with E-state index in [1.54, 1.807) is 6.20 Å². The maximum Gasteiger partial charge on any atom is 0.226 e. The fraction of sp³-hybridized carbons (Fsp3) is 0.562. The molecular formula is C16H24N6O. The Morgan fingerprint density at radius 2 is 2.22 bits per heavy atom. The van der Waals surface area contributed by atoms with Gasteiger partial charge in [-0.2, -0.15) is 4.98 Å². The summed E-state index contributed by atoms with van der Waals surface area (Å²) in [5, 5.41) is 9.67. The highest BCUT2D eigenvalue weighted by atomic mass is 16.3. The van der Waals surface area contributed by atoms with Crippen LogP contribution in [0, 0.1) is 0 Å². The Morgan fingerprint density at radius 3 is 2.91 bits per heavy atom. The van der Waals surface area contributed by atoms with Gasteiger partial charge in [-0.05, 0) is 18.9 Å². The summed E-state index contributed by atoms with van der Waals surface area (Å²) in [6.45, 7) is 2.37. The van der Waals surface area contributed by atoms with Crippen molar-refractivity contribution in [1.29, 1.82) is 0 Å². The first kappa shape index (κ1) is 15.7. The van der Waals surface area contributed by atoms with Gasteiger partial charge in [0.2, 0.25) is 5.95 Å². The van der Waals surface area contributed by atoms with E-state index in [9.17, 15) is 5.11 Å². The van der Waals surface area contributed by atoms with E-state index < -0.39 is 0 Å². The molecule has 3 heterocycles. The molecule has 0 spiro atoms. The van der Waals surface area contributed by atoms with Crippen molar-refractivity contribution >= 4 is 11.8 Å². The van der Waals surface area contributed by atoms with Crippen LogP contribution in [-0.2, 0) is 13.5 Å². The Bertz CT molecular complexity index is 643. The smallest absolute Gasteiger partial charge is 0.226 e. The average Bonchev–Trinajstić information content (AvgIpc) is 3.16. The van der Waals surface area contributed by atoms with Gasteiger partial charge in [0.05, 0.1) is 6.10 Å². The van der Waals surface area contributed by atoms with Gasteiger partial charge in [0.1, 0.15) is 11.6 Å². The third kappa shape index (κ3) is 3.79. The summed E-state index contributed by atoms with van der Waals surface area (Å²) in [6.07, 6.45) is 8.08. The van der Waals surface area contributed by atoms with E-state index >= 15 is 0 Å². The third-order valence-corrected chi connectivity index (χ3v) is 4.27. The lowest BCUT2D eigenvalue weighted by Crippen LogP contribution is -2.25. The molecule has 0 bridgehead atoms. The van der Waals surface area contributed by atoms with Crippen molar-refractivity contribution in [2.75, 3.05) is 36.5 Å². The molecule has 0 aromatic carbocycles. The summed E-state index contributed by atoms with van der Waals surface area (Å²) in [4.78, 5) is 17.5. The number of rotatable bonds is 6. The minimum atomic E-state index is -0.246. The zero-order chi connectivity index (χ0) is 16.2. The van der Waals surface area contributed by atoms with Crippen molar-refractivity contribution < 1.29 is 5.11 Å².